The highest BCUT2D eigenvalue weighted by Gasteiger charge is 2.05. The van der Waals surface area contributed by atoms with Gasteiger partial charge in [0.15, 0.2) is 11.2 Å². The summed E-state index contributed by atoms with van der Waals surface area (Å²) < 4.78 is 1.60. The lowest BCUT2D eigenvalue weighted by Gasteiger charge is -2.06. The van der Waals surface area contributed by atoms with E-state index in [4.69, 9.17) is 0 Å². The van der Waals surface area contributed by atoms with Gasteiger partial charge in [-0.3, -0.25) is 9.36 Å². The van der Waals surface area contributed by atoms with Gasteiger partial charge in [0.05, 0.1) is 0 Å². The molecule has 0 spiro atoms. The number of benzene rings is 1. The number of hydrogen-bond donors (Lipinski definition) is 0. The number of hydrogen-bond acceptors (Lipinski definition) is 4. The van der Waals surface area contributed by atoms with Crippen LogP contribution >= 0.6 is 0 Å². The van der Waals surface area contributed by atoms with Crippen molar-refractivity contribution in [2.75, 3.05) is 0 Å². The van der Waals surface area contributed by atoms with Crippen molar-refractivity contribution in [1.29, 1.82) is 0 Å². The largest absolute Gasteiger partial charge is 0.297 e. The van der Waals surface area contributed by atoms with Crippen LogP contribution in [0.2, 0.25) is 0 Å². The van der Waals surface area contributed by atoms with E-state index in [1.165, 1.54) is 23.5 Å². The van der Waals surface area contributed by atoms with Crippen LogP contribution in [0.5, 0.6) is 0 Å². The van der Waals surface area contributed by atoms with E-state index in [2.05, 4.69) is 46.1 Å². The fourth-order valence-corrected chi connectivity index (χ4v) is 2.26. The molecule has 0 saturated heterocycles. The van der Waals surface area contributed by atoms with Gasteiger partial charge in [-0.1, -0.05) is 29.8 Å². The van der Waals surface area contributed by atoms with E-state index in [1.807, 2.05) is 0 Å². The van der Waals surface area contributed by atoms with Gasteiger partial charge in [-0.25, -0.2) is 15.0 Å². The molecule has 106 valence electrons. The van der Waals surface area contributed by atoms with Gasteiger partial charge in [0.25, 0.3) is 5.56 Å². The molecule has 0 radical (unpaired) electrons. The number of aromatic nitrogens is 4. The van der Waals surface area contributed by atoms with E-state index < -0.39 is 0 Å². The Morgan fingerprint density at radius 1 is 1.05 bits per heavy atom. The molecule has 0 saturated carbocycles. The molecule has 0 aliphatic carbocycles. The number of fused-ring (bicyclic) bond motifs is 1. The van der Waals surface area contributed by atoms with E-state index in [1.54, 1.807) is 10.9 Å². The number of nitrogens with zero attached hydrogens (tertiary/aromatic N) is 4. The third kappa shape index (κ3) is 2.97. The molecule has 3 aromatic rings. The second-order valence-electron chi connectivity index (χ2n) is 5.06. The second kappa shape index (κ2) is 5.83. The summed E-state index contributed by atoms with van der Waals surface area (Å²) in [5.41, 5.74) is 3.14. The van der Waals surface area contributed by atoms with Crippen LogP contribution in [0.25, 0.3) is 11.2 Å². The van der Waals surface area contributed by atoms with Gasteiger partial charge in [0, 0.05) is 18.9 Å². The molecule has 0 aliphatic rings. The maximum Gasteiger partial charge on any atom is 0.281 e. The van der Waals surface area contributed by atoms with Crippen molar-refractivity contribution >= 4 is 11.2 Å². The highest BCUT2D eigenvalue weighted by Crippen LogP contribution is 2.06. The maximum atomic E-state index is 12.2. The smallest absolute Gasteiger partial charge is 0.281 e. The van der Waals surface area contributed by atoms with Crippen molar-refractivity contribution < 1.29 is 0 Å². The lowest BCUT2D eigenvalue weighted by molar-refractivity contribution is 0.615. The minimum absolute atomic E-state index is 0.128. The zero-order valence-electron chi connectivity index (χ0n) is 11.9. The highest BCUT2D eigenvalue weighted by molar-refractivity contribution is 5.66. The molecule has 0 aliphatic heterocycles. The van der Waals surface area contributed by atoms with E-state index in [9.17, 15) is 4.79 Å². The summed E-state index contributed by atoms with van der Waals surface area (Å²) in [6.07, 6.45) is 6.43. The average Bonchev–Trinajstić information content (AvgIpc) is 2.52. The molecule has 0 atom stereocenters. The van der Waals surface area contributed by atoms with Crippen molar-refractivity contribution in [3.8, 4) is 0 Å². The second-order valence-corrected chi connectivity index (χ2v) is 5.06. The monoisotopic (exact) mass is 280 g/mol. The lowest BCUT2D eigenvalue weighted by Crippen LogP contribution is -2.22. The van der Waals surface area contributed by atoms with Crippen molar-refractivity contribution in [1.82, 2.24) is 19.5 Å². The minimum atomic E-state index is -0.128. The predicted molar refractivity (Wildman–Crippen MR) is 81.1 cm³/mol. The fraction of sp³-hybridized carbons (Fsp3) is 0.250. The Morgan fingerprint density at radius 3 is 2.62 bits per heavy atom. The molecular weight excluding hydrogens is 264 g/mol. The lowest BCUT2D eigenvalue weighted by atomic mass is 10.1. The standard InChI is InChI=1S/C16H16N4O/c1-12-4-6-13(7-5-12)3-2-10-20-11-19-15-14(16(20)21)17-8-9-18-15/h4-9,11H,2-3,10H2,1H3. The Bertz CT molecular complexity index is 808. The summed E-state index contributed by atoms with van der Waals surface area (Å²) >= 11 is 0. The molecule has 0 fully saturated rings. The molecule has 0 unspecified atom stereocenters. The summed E-state index contributed by atoms with van der Waals surface area (Å²) in [7, 11) is 0. The summed E-state index contributed by atoms with van der Waals surface area (Å²) in [5.74, 6) is 0. The van der Waals surface area contributed by atoms with Crippen LogP contribution in [-0.2, 0) is 13.0 Å². The van der Waals surface area contributed by atoms with Crippen molar-refractivity contribution in [3.05, 3.63) is 64.5 Å². The Hall–Kier alpha value is -2.56. The third-order valence-electron chi connectivity index (χ3n) is 3.45. The Labute approximate surface area is 122 Å². The van der Waals surface area contributed by atoms with Gasteiger partial charge in [-0.05, 0) is 25.3 Å². The topological polar surface area (TPSA) is 60.7 Å². The molecule has 1 aromatic carbocycles. The molecule has 0 N–H and O–H groups in total. The highest BCUT2D eigenvalue weighted by atomic mass is 16.1. The first kappa shape index (κ1) is 13.4. The molecule has 2 heterocycles. The third-order valence-corrected chi connectivity index (χ3v) is 3.45. The van der Waals surface area contributed by atoms with Crippen LogP contribution in [0.15, 0.2) is 47.8 Å². The van der Waals surface area contributed by atoms with Crippen LogP contribution in [0.1, 0.15) is 17.5 Å². The molecule has 5 nitrogen and oxygen atoms in total. The molecule has 5 heteroatoms. The summed E-state index contributed by atoms with van der Waals surface area (Å²) in [6.45, 7) is 2.71. The van der Waals surface area contributed by atoms with E-state index in [0.717, 1.165) is 12.8 Å². The van der Waals surface area contributed by atoms with E-state index in [0.29, 0.717) is 17.7 Å². The summed E-state index contributed by atoms with van der Waals surface area (Å²) in [6, 6.07) is 8.47. The van der Waals surface area contributed by atoms with E-state index >= 15 is 0 Å². The molecule has 3 rings (SSSR count). The van der Waals surface area contributed by atoms with E-state index in [-0.39, 0.29) is 5.56 Å². The molecule has 2 aromatic heterocycles. The Balaban J connectivity index is 1.72. The summed E-state index contributed by atoms with van der Waals surface area (Å²) in [5, 5.41) is 0. The van der Waals surface area contributed by atoms with Gasteiger partial charge in [-0.2, -0.15) is 0 Å². The van der Waals surface area contributed by atoms with Gasteiger partial charge < -0.3 is 0 Å². The Kier molecular flexibility index (Phi) is 3.73. The minimum Gasteiger partial charge on any atom is -0.297 e. The van der Waals surface area contributed by atoms with Crippen LogP contribution in [0.3, 0.4) is 0 Å². The first-order valence-corrected chi connectivity index (χ1v) is 6.96. The predicted octanol–water partition coefficient (Wildman–Crippen LogP) is 2.13. The average molecular weight is 280 g/mol. The van der Waals surface area contributed by atoms with Gasteiger partial charge in [0.1, 0.15) is 6.33 Å². The molecular formula is C16H16N4O. The first-order chi connectivity index (χ1) is 10.2. The van der Waals surface area contributed by atoms with Crippen LogP contribution in [-0.4, -0.2) is 19.5 Å². The van der Waals surface area contributed by atoms with Gasteiger partial charge in [0.2, 0.25) is 0 Å². The van der Waals surface area contributed by atoms with Crippen LogP contribution in [0, 0.1) is 6.92 Å². The van der Waals surface area contributed by atoms with Gasteiger partial charge >= 0.3 is 0 Å². The normalized spacial score (nSPS) is 10.9. The van der Waals surface area contributed by atoms with Crippen molar-refractivity contribution in [2.45, 2.75) is 26.3 Å². The molecule has 21 heavy (non-hydrogen) atoms. The Morgan fingerprint density at radius 2 is 1.81 bits per heavy atom. The van der Waals surface area contributed by atoms with Crippen LogP contribution in [0.4, 0.5) is 0 Å². The quantitative estimate of drug-likeness (QED) is 0.734. The van der Waals surface area contributed by atoms with Crippen molar-refractivity contribution in [2.24, 2.45) is 0 Å². The zero-order valence-corrected chi connectivity index (χ0v) is 11.9. The fourth-order valence-electron chi connectivity index (χ4n) is 2.26. The number of aryl methyl sites for hydroxylation is 3. The van der Waals surface area contributed by atoms with Gasteiger partial charge in [-0.15, -0.1) is 0 Å². The SMILES string of the molecule is Cc1ccc(CCCn2cnc3nccnc3c2=O)cc1. The maximum absolute atomic E-state index is 12.2. The molecule has 0 amide bonds. The summed E-state index contributed by atoms with van der Waals surface area (Å²) in [4.78, 5) is 24.5. The first-order valence-electron chi connectivity index (χ1n) is 6.96. The van der Waals surface area contributed by atoms with Crippen molar-refractivity contribution in [3.63, 3.8) is 0 Å². The number of rotatable bonds is 4. The molecule has 0 bridgehead atoms. The van der Waals surface area contributed by atoms with Crippen LogP contribution < -0.4 is 5.56 Å². The zero-order chi connectivity index (χ0) is 14.7.